The van der Waals surface area contributed by atoms with Crippen LogP contribution in [-0.4, -0.2) is 24.7 Å². The molecule has 3 aromatic carbocycles. The summed E-state index contributed by atoms with van der Waals surface area (Å²) < 4.78 is 2.06. The minimum absolute atomic E-state index is 0.677. The van der Waals surface area contributed by atoms with E-state index in [0.29, 0.717) is 5.82 Å². The maximum absolute atomic E-state index is 4.87. The van der Waals surface area contributed by atoms with Gasteiger partial charge < -0.3 is 0 Å². The van der Waals surface area contributed by atoms with E-state index in [0.717, 1.165) is 39.7 Å². The molecule has 0 fully saturated rings. The van der Waals surface area contributed by atoms with Gasteiger partial charge in [0.1, 0.15) is 5.69 Å². The highest BCUT2D eigenvalue weighted by atomic mass is 15.3. The molecule has 0 unspecified atom stereocenters. The zero-order chi connectivity index (χ0) is 23.5. The summed E-state index contributed by atoms with van der Waals surface area (Å²) in [7, 11) is 0. The van der Waals surface area contributed by atoms with Crippen LogP contribution in [0.4, 0.5) is 0 Å². The molecule has 0 aliphatic carbocycles. The van der Waals surface area contributed by atoms with Crippen LogP contribution in [0, 0.1) is 0 Å². The molecule has 6 rings (SSSR count). The van der Waals surface area contributed by atoms with Crippen molar-refractivity contribution in [1.29, 1.82) is 0 Å². The Hall–Kier alpha value is -4.90. The monoisotopic (exact) mass is 451 g/mol. The molecule has 0 saturated carbocycles. The Morgan fingerprint density at radius 3 is 1.77 bits per heavy atom. The van der Waals surface area contributed by atoms with Crippen molar-refractivity contribution in [3.8, 4) is 51.1 Å². The third-order valence-corrected chi connectivity index (χ3v) is 5.83. The van der Waals surface area contributed by atoms with Crippen LogP contribution in [0.5, 0.6) is 0 Å². The molecule has 166 valence electrons. The van der Waals surface area contributed by atoms with Crippen LogP contribution in [0.25, 0.3) is 51.1 Å². The summed E-state index contributed by atoms with van der Waals surface area (Å²) in [5, 5.41) is 9.19. The molecular weight excluding hydrogens is 430 g/mol. The van der Waals surface area contributed by atoms with Crippen LogP contribution in [0.2, 0.25) is 0 Å². The van der Waals surface area contributed by atoms with E-state index in [9.17, 15) is 0 Å². The fraction of sp³-hybridized carbons (Fsp3) is 0. The summed E-state index contributed by atoms with van der Waals surface area (Å²) in [4.78, 5) is 9.32. The first-order valence-corrected chi connectivity index (χ1v) is 11.4. The summed E-state index contributed by atoms with van der Waals surface area (Å²) in [6, 6.07) is 40.6. The van der Waals surface area contributed by atoms with E-state index in [4.69, 9.17) is 4.98 Å². The molecule has 0 N–H and O–H groups in total. The standard InChI is InChI=1S/C30H21N5/c1-3-10-22(11-4-1)23-17-19-24(20-18-23)29-33-34-30(35(29)25-12-5-2-6-13-25)28-16-9-15-27(32-28)26-14-7-8-21-31-26/h1-21H. The van der Waals surface area contributed by atoms with E-state index in [-0.39, 0.29) is 0 Å². The van der Waals surface area contributed by atoms with Crippen LogP contribution in [-0.2, 0) is 0 Å². The Morgan fingerprint density at radius 2 is 1.03 bits per heavy atom. The van der Waals surface area contributed by atoms with Crippen molar-refractivity contribution in [2.45, 2.75) is 0 Å². The quantitative estimate of drug-likeness (QED) is 0.292. The lowest BCUT2D eigenvalue weighted by Crippen LogP contribution is -2.01. The smallest absolute Gasteiger partial charge is 0.187 e. The first kappa shape index (κ1) is 20.7. The lowest BCUT2D eigenvalue weighted by Gasteiger charge is -2.11. The fourth-order valence-corrected chi connectivity index (χ4v) is 4.12. The van der Waals surface area contributed by atoms with Gasteiger partial charge in [0, 0.05) is 17.4 Å². The van der Waals surface area contributed by atoms with Crippen molar-refractivity contribution in [2.75, 3.05) is 0 Å². The number of hydrogen-bond acceptors (Lipinski definition) is 4. The highest BCUT2D eigenvalue weighted by Crippen LogP contribution is 2.30. The predicted molar refractivity (Wildman–Crippen MR) is 139 cm³/mol. The topological polar surface area (TPSA) is 56.5 Å². The van der Waals surface area contributed by atoms with Gasteiger partial charge in [0.25, 0.3) is 0 Å². The van der Waals surface area contributed by atoms with Crippen LogP contribution in [0.3, 0.4) is 0 Å². The lowest BCUT2D eigenvalue weighted by molar-refractivity contribution is 1.06. The van der Waals surface area contributed by atoms with Gasteiger partial charge in [-0.3, -0.25) is 9.55 Å². The maximum atomic E-state index is 4.87. The molecule has 3 heterocycles. The van der Waals surface area contributed by atoms with E-state index in [2.05, 4.69) is 68.3 Å². The van der Waals surface area contributed by atoms with Crippen molar-refractivity contribution in [3.63, 3.8) is 0 Å². The summed E-state index contributed by atoms with van der Waals surface area (Å²) in [5.74, 6) is 1.44. The van der Waals surface area contributed by atoms with Crippen LogP contribution in [0.15, 0.2) is 128 Å². The summed E-state index contributed by atoms with van der Waals surface area (Å²) in [6.45, 7) is 0. The number of nitrogens with zero attached hydrogens (tertiary/aromatic N) is 5. The number of aromatic nitrogens is 5. The zero-order valence-corrected chi connectivity index (χ0v) is 18.9. The fourth-order valence-electron chi connectivity index (χ4n) is 4.12. The average Bonchev–Trinajstić information content (AvgIpc) is 3.40. The van der Waals surface area contributed by atoms with Crippen molar-refractivity contribution in [1.82, 2.24) is 24.7 Å². The van der Waals surface area contributed by atoms with E-state index >= 15 is 0 Å². The zero-order valence-electron chi connectivity index (χ0n) is 18.9. The van der Waals surface area contributed by atoms with Crippen LogP contribution in [0.1, 0.15) is 0 Å². The number of rotatable bonds is 5. The van der Waals surface area contributed by atoms with E-state index in [1.54, 1.807) is 6.20 Å². The second-order valence-corrected chi connectivity index (χ2v) is 8.08. The van der Waals surface area contributed by atoms with E-state index < -0.39 is 0 Å². The second kappa shape index (κ2) is 9.15. The Balaban J connectivity index is 1.47. The third-order valence-electron chi connectivity index (χ3n) is 5.83. The van der Waals surface area contributed by atoms with Crippen molar-refractivity contribution in [2.24, 2.45) is 0 Å². The molecule has 0 aliphatic rings. The maximum Gasteiger partial charge on any atom is 0.187 e. The van der Waals surface area contributed by atoms with Gasteiger partial charge in [0.15, 0.2) is 11.6 Å². The average molecular weight is 452 g/mol. The van der Waals surface area contributed by atoms with Gasteiger partial charge in [-0.2, -0.15) is 0 Å². The third kappa shape index (κ3) is 4.11. The van der Waals surface area contributed by atoms with Gasteiger partial charge in [-0.05, 0) is 47.5 Å². The minimum atomic E-state index is 0.677. The Kier molecular flexibility index (Phi) is 5.41. The molecule has 5 heteroatoms. The van der Waals surface area contributed by atoms with E-state index in [1.807, 2.05) is 72.8 Å². The summed E-state index contributed by atoms with van der Waals surface area (Å²) >= 11 is 0. The molecule has 0 aliphatic heterocycles. The van der Waals surface area contributed by atoms with Crippen molar-refractivity contribution < 1.29 is 0 Å². The molecular formula is C30H21N5. The number of pyridine rings is 2. The van der Waals surface area contributed by atoms with Gasteiger partial charge in [-0.25, -0.2) is 4.98 Å². The van der Waals surface area contributed by atoms with Gasteiger partial charge >= 0.3 is 0 Å². The molecule has 3 aromatic heterocycles. The van der Waals surface area contributed by atoms with Crippen molar-refractivity contribution in [3.05, 3.63) is 128 Å². The molecule has 5 nitrogen and oxygen atoms in total. The molecule has 35 heavy (non-hydrogen) atoms. The molecule has 6 aromatic rings. The first-order chi connectivity index (χ1) is 17.4. The van der Waals surface area contributed by atoms with Gasteiger partial charge in [-0.1, -0.05) is 84.9 Å². The second-order valence-electron chi connectivity index (χ2n) is 8.08. The highest BCUT2D eigenvalue weighted by molar-refractivity contribution is 5.70. The Morgan fingerprint density at radius 1 is 0.429 bits per heavy atom. The molecule has 0 spiro atoms. The predicted octanol–water partition coefficient (Wildman–Crippen LogP) is 6.73. The number of benzene rings is 3. The Bertz CT molecular complexity index is 1560. The van der Waals surface area contributed by atoms with E-state index in [1.165, 1.54) is 5.56 Å². The molecule has 0 atom stereocenters. The number of para-hydroxylation sites is 1. The SMILES string of the molecule is c1ccc(-c2ccc(-c3nnc(-c4cccc(-c5ccccn5)n4)n3-c3ccccc3)cc2)cc1. The lowest BCUT2D eigenvalue weighted by atomic mass is 10.0. The number of hydrogen-bond donors (Lipinski definition) is 0. The summed E-state index contributed by atoms with van der Waals surface area (Å²) in [6.07, 6.45) is 1.77. The normalized spacial score (nSPS) is 10.9. The van der Waals surface area contributed by atoms with Crippen molar-refractivity contribution >= 4 is 0 Å². The molecule has 0 saturated heterocycles. The molecule has 0 bridgehead atoms. The van der Waals surface area contributed by atoms with Gasteiger partial charge in [-0.15, -0.1) is 10.2 Å². The first-order valence-electron chi connectivity index (χ1n) is 11.4. The molecule has 0 radical (unpaired) electrons. The molecule has 0 amide bonds. The van der Waals surface area contributed by atoms with Crippen LogP contribution < -0.4 is 0 Å². The summed E-state index contributed by atoms with van der Waals surface area (Å²) in [5.41, 5.74) is 6.63. The van der Waals surface area contributed by atoms with Gasteiger partial charge in [0.05, 0.1) is 11.4 Å². The Labute approximate surface area is 203 Å². The van der Waals surface area contributed by atoms with Gasteiger partial charge in [0.2, 0.25) is 0 Å². The van der Waals surface area contributed by atoms with Crippen LogP contribution >= 0.6 is 0 Å². The largest absolute Gasteiger partial charge is 0.274 e. The minimum Gasteiger partial charge on any atom is -0.274 e. The highest BCUT2D eigenvalue weighted by Gasteiger charge is 2.18.